The van der Waals surface area contributed by atoms with Crippen molar-refractivity contribution < 1.29 is 24.3 Å². The molecule has 4 saturated heterocycles. The maximum absolute atomic E-state index is 14.8. The first-order valence-corrected chi connectivity index (χ1v) is 21.9. The number of para-hydroxylation sites is 1. The van der Waals surface area contributed by atoms with Crippen LogP contribution in [0.15, 0.2) is 110 Å². The number of hydrogen-bond donors (Lipinski definition) is 3. The highest BCUT2D eigenvalue weighted by Crippen LogP contribution is 2.32. The Kier molecular flexibility index (Phi) is 12.1. The number of piperazine rings is 2. The number of hydrazine groups is 1. The van der Waals surface area contributed by atoms with Gasteiger partial charge in [0.15, 0.2) is 0 Å². The standard InChI is InChI=1S/C48H55N11O5/c1-4-19-57-32-44(61)58-41(24-33-13-16-38(60)17-14-33)47(63)56(31-43(58)59(57)48(64)50-25-34-9-6-5-7-10-34)27-35-11-8-12-39-40(30-53(3)45(35)39)46(62)51-36-15-18-42(49-26-36)55-28-37(29-55)54-22-20-52(2)21-23-54/h4-18,26,30,37,41,43,60H,1,19-25,27-29,31-32H2,2-3H3,(H,50,64)(H,51,62)/t41-,43-/m0/s1. The van der Waals surface area contributed by atoms with Gasteiger partial charge in [-0.2, -0.15) is 0 Å². The van der Waals surface area contributed by atoms with Gasteiger partial charge in [-0.1, -0.05) is 66.7 Å². The zero-order chi connectivity index (χ0) is 44.5. The van der Waals surface area contributed by atoms with E-state index < -0.39 is 18.2 Å². The molecule has 16 heteroatoms. The van der Waals surface area contributed by atoms with Crippen LogP contribution in [0.4, 0.5) is 16.3 Å². The normalized spacial score (nSPS) is 20.0. The monoisotopic (exact) mass is 865 g/mol. The topological polar surface area (TPSA) is 153 Å². The van der Waals surface area contributed by atoms with E-state index in [0.717, 1.165) is 72.7 Å². The van der Waals surface area contributed by atoms with Crippen LogP contribution < -0.4 is 15.5 Å². The summed E-state index contributed by atoms with van der Waals surface area (Å²) in [6, 6.07) is 24.9. The van der Waals surface area contributed by atoms with E-state index in [1.807, 2.05) is 72.3 Å². The molecule has 5 aromatic rings. The Labute approximate surface area is 372 Å². The van der Waals surface area contributed by atoms with Gasteiger partial charge in [0, 0.05) is 90.0 Å². The lowest BCUT2D eigenvalue weighted by molar-refractivity contribution is -0.189. The van der Waals surface area contributed by atoms with E-state index in [1.165, 1.54) is 0 Å². The van der Waals surface area contributed by atoms with E-state index >= 15 is 0 Å². The van der Waals surface area contributed by atoms with Gasteiger partial charge in [0.2, 0.25) is 11.8 Å². The second-order valence-corrected chi connectivity index (χ2v) is 17.2. The summed E-state index contributed by atoms with van der Waals surface area (Å²) in [7, 11) is 4.04. The van der Waals surface area contributed by atoms with Crippen LogP contribution in [-0.4, -0.2) is 152 Å². The summed E-state index contributed by atoms with van der Waals surface area (Å²) in [6.45, 7) is 10.7. The van der Waals surface area contributed by atoms with Gasteiger partial charge in [0.25, 0.3) is 5.91 Å². The summed E-state index contributed by atoms with van der Waals surface area (Å²) in [5.74, 6) is 0.142. The molecule has 0 bridgehead atoms. The molecular formula is C48H55N11O5. The molecule has 0 unspecified atom stereocenters. The number of aromatic nitrogens is 2. The van der Waals surface area contributed by atoms with Crippen LogP contribution in [0.25, 0.3) is 10.9 Å². The van der Waals surface area contributed by atoms with Crippen molar-refractivity contribution in [3.8, 4) is 5.75 Å². The summed E-state index contributed by atoms with van der Waals surface area (Å²) in [5, 5.41) is 20.0. The van der Waals surface area contributed by atoms with Gasteiger partial charge in [-0.05, 0) is 48.0 Å². The number of amides is 5. The molecule has 332 valence electrons. The van der Waals surface area contributed by atoms with Crippen LogP contribution in [0, 0.1) is 0 Å². The first-order chi connectivity index (χ1) is 31.0. The number of carbonyl (C=O) groups excluding carboxylic acids is 4. The largest absolute Gasteiger partial charge is 0.508 e. The highest BCUT2D eigenvalue weighted by atomic mass is 16.3. The Morgan fingerprint density at radius 2 is 1.66 bits per heavy atom. The number of benzene rings is 3. The van der Waals surface area contributed by atoms with E-state index in [1.54, 1.807) is 62.6 Å². The van der Waals surface area contributed by atoms with Gasteiger partial charge in [-0.25, -0.2) is 19.8 Å². The number of hydrogen-bond acceptors (Lipinski definition) is 10. The number of urea groups is 1. The lowest BCUT2D eigenvalue weighted by Gasteiger charge is -2.55. The smallest absolute Gasteiger partial charge is 0.334 e. The summed E-state index contributed by atoms with van der Waals surface area (Å²) in [6.07, 6.45) is 4.47. The zero-order valence-electron chi connectivity index (χ0n) is 36.3. The molecule has 0 saturated carbocycles. The van der Waals surface area contributed by atoms with E-state index in [0.29, 0.717) is 17.3 Å². The van der Waals surface area contributed by atoms with E-state index in [4.69, 9.17) is 0 Å². The number of pyridine rings is 1. The fraction of sp³-hybridized carbons (Fsp3) is 0.354. The van der Waals surface area contributed by atoms with Crippen LogP contribution in [0.3, 0.4) is 0 Å². The molecule has 0 radical (unpaired) electrons. The minimum Gasteiger partial charge on any atom is -0.508 e. The zero-order valence-corrected chi connectivity index (χ0v) is 36.3. The van der Waals surface area contributed by atoms with Gasteiger partial charge >= 0.3 is 6.03 Å². The fourth-order valence-electron chi connectivity index (χ4n) is 9.53. The molecular weight excluding hydrogens is 811 g/mol. The molecule has 64 heavy (non-hydrogen) atoms. The number of anilines is 2. The Balaban J connectivity index is 0.953. The van der Waals surface area contributed by atoms with Crippen LogP contribution in [0.2, 0.25) is 0 Å². The molecule has 4 aliphatic rings. The van der Waals surface area contributed by atoms with Crippen molar-refractivity contribution in [2.75, 3.05) is 76.2 Å². The molecule has 3 N–H and O–H groups in total. The molecule has 2 atom stereocenters. The van der Waals surface area contributed by atoms with Crippen molar-refractivity contribution >= 4 is 46.2 Å². The van der Waals surface area contributed by atoms with Crippen molar-refractivity contribution in [1.29, 1.82) is 0 Å². The predicted octanol–water partition coefficient (Wildman–Crippen LogP) is 3.70. The number of phenolic OH excluding ortho intramolecular Hbond substituents is 1. The molecule has 9 rings (SSSR count). The minimum absolute atomic E-state index is 0.0359. The van der Waals surface area contributed by atoms with Crippen molar-refractivity contribution in [2.24, 2.45) is 7.05 Å². The van der Waals surface area contributed by atoms with Gasteiger partial charge in [0.1, 0.15) is 23.8 Å². The first-order valence-electron chi connectivity index (χ1n) is 21.9. The number of fused-ring (bicyclic) bond motifs is 2. The molecule has 0 spiro atoms. The maximum atomic E-state index is 14.8. The summed E-state index contributed by atoms with van der Waals surface area (Å²) in [5.41, 5.74) is 4.30. The first kappa shape index (κ1) is 42.5. The van der Waals surface area contributed by atoms with E-state index in [9.17, 15) is 24.3 Å². The summed E-state index contributed by atoms with van der Waals surface area (Å²) < 4.78 is 1.90. The van der Waals surface area contributed by atoms with Crippen molar-refractivity contribution in [1.82, 2.24) is 44.5 Å². The second-order valence-electron chi connectivity index (χ2n) is 17.2. The van der Waals surface area contributed by atoms with Crippen LogP contribution in [0.5, 0.6) is 5.75 Å². The Hall–Kier alpha value is -6.75. The minimum atomic E-state index is -0.945. The second kappa shape index (κ2) is 18.2. The number of aryl methyl sites for hydroxylation is 1. The summed E-state index contributed by atoms with van der Waals surface area (Å²) >= 11 is 0. The quantitative estimate of drug-likeness (QED) is 0.159. The van der Waals surface area contributed by atoms with Gasteiger partial charge in [-0.15, -0.1) is 6.58 Å². The number of phenols is 1. The fourth-order valence-corrected chi connectivity index (χ4v) is 9.53. The molecule has 3 aromatic carbocycles. The average molecular weight is 866 g/mol. The predicted molar refractivity (Wildman–Crippen MR) is 244 cm³/mol. The number of rotatable bonds is 12. The number of aromatic hydroxyl groups is 1. The third-order valence-corrected chi connectivity index (χ3v) is 13.0. The third kappa shape index (κ3) is 8.63. The maximum Gasteiger partial charge on any atom is 0.334 e. The SMILES string of the molecule is C=CCN1CC(=O)N2[C@@H](Cc3ccc(O)cc3)C(=O)N(Cc3cccc4c(C(=O)Nc5ccc(N6CC(N7CCN(C)CC7)C6)nc5)cn(C)c34)C[C@@H]2N1C(=O)NCc1ccccc1. The lowest BCUT2D eigenvalue weighted by Crippen LogP contribution is -2.76. The lowest BCUT2D eigenvalue weighted by atomic mass is 9.98. The summed E-state index contributed by atoms with van der Waals surface area (Å²) in [4.78, 5) is 72.2. The van der Waals surface area contributed by atoms with E-state index in [-0.39, 0.29) is 62.6 Å². The molecule has 2 aromatic heterocycles. The molecule has 4 aliphatic heterocycles. The van der Waals surface area contributed by atoms with Crippen LogP contribution >= 0.6 is 0 Å². The van der Waals surface area contributed by atoms with Crippen LogP contribution in [0.1, 0.15) is 27.0 Å². The highest BCUT2D eigenvalue weighted by Gasteiger charge is 2.51. The number of nitrogens with one attached hydrogen (secondary N) is 2. The third-order valence-electron chi connectivity index (χ3n) is 13.0. The van der Waals surface area contributed by atoms with Crippen molar-refractivity contribution in [3.63, 3.8) is 0 Å². The molecule has 0 aliphatic carbocycles. The average Bonchev–Trinajstić information content (AvgIpc) is 3.63. The molecule has 6 heterocycles. The Morgan fingerprint density at radius 1 is 0.891 bits per heavy atom. The highest BCUT2D eigenvalue weighted by molar-refractivity contribution is 6.13. The van der Waals surface area contributed by atoms with Crippen LogP contribution in [-0.2, 0) is 36.1 Å². The van der Waals surface area contributed by atoms with Gasteiger partial charge in [0.05, 0.1) is 36.1 Å². The van der Waals surface area contributed by atoms with Crippen molar-refractivity contribution in [2.45, 2.75) is 37.8 Å². The number of carbonyl (C=O) groups is 4. The number of nitrogens with zero attached hydrogens (tertiary/aromatic N) is 9. The molecule has 5 amide bonds. The van der Waals surface area contributed by atoms with Crippen molar-refractivity contribution in [3.05, 3.63) is 132 Å². The molecule has 16 nitrogen and oxygen atoms in total. The van der Waals surface area contributed by atoms with Gasteiger partial charge < -0.3 is 39.9 Å². The van der Waals surface area contributed by atoms with Gasteiger partial charge in [-0.3, -0.25) is 19.3 Å². The number of likely N-dealkylation sites (N-methyl/N-ethyl adjacent to an activating group) is 1. The van der Waals surface area contributed by atoms with E-state index in [2.05, 4.69) is 43.9 Å². The molecule has 4 fully saturated rings. The Bertz CT molecular complexity index is 2520. The Morgan fingerprint density at radius 3 is 2.38 bits per heavy atom.